The van der Waals surface area contributed by atoms with Crippen molar-refractivity contribution in [2.24, 2.45) is 11.7 Å². The van der Waals surface area contributed by atoms with Gasteiger partial charge in [0.2, 0.25) is 0 Å². The van der Waals surface area contributed by atoms with E-state index in [-0.39, 0.29) is 18.1 Å². The molecule has 1 amide bonds. The Hall–Kier alpha value is -2.33. The normalized spacial score (nSPS) is 21.5. The summed E-state index contributed by atoms with van der Waals surface area (Å²) in [7, 11) is 0. The Bertz CT molecular complexity index is 707. The summed E-state index contributed by atoms with van der Waals surface area (Å²) >= 11 is 0. The van der Waals surface area contributed by atoms with Crippen LogP contribution in [-0.4, -0.2) is 25.3 Å². The van der Waals surface area contributed by atoms with Gasteiger partial charge in [0.05, 0.1) is 0 Å². The van der Waals surface area contributed by atoms with Crippen LogP contribution in [0.5, 0.6) is 0 Å². The number of hydrogen-bond donors (Lipinski definition) is 2. The van der Waals surface area contributed by atoms with E-state index in [1.54, 1.807) is 0 Å². The van der Waals surface area contributed by atoms with Crippen molar-refractivity contribution in [1.29, 1.82) is 0 Å². The Labute approximate surface area is 142 Å². The first-order valence-corrected chi connectivity index (χ1v) is 8.58. The summed E-state index contributed by atoms with van der Waals surface area (Å²) in [5.41, 5.74) is 10.6. The molecule has 0 heterocycles. The van der Waals surface area contributed by atoms with Gasteiger partial charge in [0.25, 0.3) is 0 Å². The molecule has 4 heteroatoms. The second-order valence-electron chi connectivity index (χ2n) is 6.74. The monoisotopic (exact) mass is 322 g/mol. The predicted octanol–water partition coefficient (Wildman–Crippen LogP) is 3.26. The number of alkyl carbamates (subject to hydrolysis) is 1. The van der Waals surface area contributed by atoms with Crippen LogP contribution in [0, 0.1) is 5.92 Å². The molecule has 2 aliphatic rings. The summed E-state index contributed by atoms with van der Waals surface area (Å²) in [4.78, 5) is 12.1. The molecule has 24 heavy (non-hydrogen) atoms. The van der Waals surface area contributed by atoms with E-state index in [0.29, 0.717) is 19.1 Å². The van der Waals surface area contributed by atoms with Gasteiger partial charge in [-0.3, -0.25) is 0 Å². The molecule has 0 saturated heterocycles. The number of carbonyl (C=O) groups excluding carboxylic acids is 1. The lowest BCUT2D eigenvalue weighted by atomic mass is 9.80. The van der Waals surface area contributed by atoms with Gasteiger partial charge in [0.1, 0.15) is 6.61 Å². The lowest BCUT2D eigenvalue weighted by Crippen LogP contribution is -2.46. The molecule has 124 valence electrons. The Kier molecular flexibility index (Phi) is 3.98. The third kappa shape index (κ3) is 2.67. The molecular weight excluding hydrogens is 300 g/mol. The molecule has 0 radical (unpaired) electrons. The number of nitrogens with one attached hydrogen (secondary N) is 1. The Morgan fingerprint density at radius 1 is 1.04 bits per heavy atom. The Morgan fingerprint density at radius 2 is 1.62 bits per heavy atom. The van der Waals surface area contributed by atoms with Crippen molar-refractivity contribution >= 4 is 6.09 Å². The van der Waals surface area contributed by atoms with Crippen molar-refractivity contribution in [3.05, 3.63) is 59.7 Å². The maximum Gasteiger partial charge on any atom is 0.407 e. The van der Waals surface area contributed by atoms with Crippen LogP contribution in [0.25, 0.3) is 11.1 Å². The van der Waals surface area contributed by atoms with Gasteiger partial charge in [-0.1, -0.05) is 48.5 Å². The molecule has 0 atom stereocenters. The number of rotatable bonds is 4. The van der Waals surface area contributed by atoms with Crippen molar-refractivity contribution in [1.82, 2.24) is 5.32 Å². The molecule has 2 aliphatic carbocycles. The summed E-state index contributed by atoms with van der Waals surface area (Å²) in [6.45, 7) is 1.07. The van der Waals surface area contributed by atoms with E-state index in [2.05, 4.69) is 41.7 Å². The maximum atomic E-state index is 12.1. The molecule has 0 aromatic heterocycles. The molecule has 2 aromatic carbocycles. The van der Waals surface area contributed by atoms with Crippen LogP contribution < -0.4 is 11.1 Å². The highest BCUT2D eigenvalue weighted by molar-refractivity contribution is 5.79. The first-order valence-electron chi connectivity index (χ1n) is 8.58. The molecular formula is C20H22N2O2. The minimum Gasteiger partial charge on any atom is -0.449 e. The van der Waals surface area contributed by atoms with Crippen LogP contribution in [0.3, 0.4) is 0 Å². The fourth-order valence-electron chi connectivity index (χ4n) is 3.85. The molecule has 0 bridgehead atoms. The number of fused-ring (bicyclic) bond motifs is 3. The third-order valence-corrected chi connectivity index (χ3v) is 5.23. The minimum absolute atomic E-state index is 0.112. The zero-order valence-electron chi connectivity index (χ0n) is 13.6. The Balaban J connectivity index is 1.42. The molecule has 1 saturated carbocycles. The van der Waals surface area contributed by atoms with E-state index >= 15 is 0 Å². The summed E-state index contributed by atoms with van der Waals surface area (Å²) in [5.74, 6) is 0.658. The van der Waals surface area contributed by atoms with Crippen molar-refractivity contribution in [2.75, 3.05) is 13.2 Å². The second-order valence-corrected chi connectivity index (χ2v) is 6.74. The average Bonchev–Trinajstić information content (AvgIpc) is 2.90. The highest BCUT2D eigenvalue weighted by atomic mass is 16.5. The third-order valence-electron chi connectivity index (χ3n) is 5.23. The maximum absolute atomic E-state index is 12.1. The van der Waals surface area contributed by atoms with Gasteiger partial charge in [-0.25, -0.2) is 4.79 Å². The highest BCUT2D eigenvalue weighted by Gasteiger charge is 2.31. The molecule has 0 spiro atoms. The number of carbonyl (C=O) groups is 1. The highest BCUT2D eigenvalue weighted by Crippen LogP contribution is 2.44. The van der Waals surface area contributed by atoms with Gasteiger partial charge in [-0.15, -0.1) is 0 Å². The van der Waals surface area contributed by atoms with Crippen LogP contribution in [0.15, 0.2) is 48.5 Å². The van der Waals surface area contributed by atoms with Gasteiger partial charge >= 0.3 is 6.09 Å². The summed E-state index contributed by atoms with van der Waals surface area (Å²) in [6.07, 6.45) is 1.60. The second kappa shape index (κ2) is 6.29. The lowest BCUT2D eigenvalue weighted by molar-refractivity contribution is 0.125. The van der Waals surface area contributed by atoms with Crippen molar-refractivity contribution < 1.29 is 9.53 Å². The van der Waals surface area contributed by atoms with Crippen LogP contribution in [0.2, 0.25) is 0 Å². The number of nitrogens with two attached hydrogens (primary N) is 1. The predicted molar refractivity (Wildman–Crippen MR) is 93.8 cm³/mol. The first-order chi connectivity index (χ1) is 11.8. The van der Waals surface area contributed by atoms with Crippen LogP contribution >= 0.6 is 0 Å². The van der Waals surface area contributed by atoms with Gasteiger partial charge < -0.3 is 15.8 Å². The van der Waals surface area contributed by atoms with Crippen LogP contribution in [-0.2, 0) is 4.74 Å². The number of amides is 1. The van der Waals surface area contributed by atoms with Gasteiger partial charge in [-0.2, -0.15) is 0 Å². The van der Waals surface area contributed by atoms with Crippen molar-refractivity contribution in [3.8, 4) is 11.1 Å². The minimum atomic E-state index is -0.322. The fraction of sp³-hybridized carbons (Fsp3) is 0.350. The quantitative estimate of drug-likeness (QED) is 0.908. The van der Waals surface area contributed by atoms with E-state index in [1.807, 2.05) is 12.1 Å². The van der Waals surface area contributed by atoms with Crippen molar-refractivity contribution in [3.63, 3.8) is 0 Å². The molecule has 0 unspecified atom stereocenters. The average molecular weight is 322 g/mol. The number of ether oxygens (including phenoxy) is 1. The lowest BCUT2D eigenvalue weighted by Gasteiger charge is -2.34. The van der Waals surface area contributed by atoms with E-state index in [9.17, 15) is 4.79 Å². The van der Waals surface area contributed by atoms with Crippen LogP contribution in [0.1, 0.15) is 29.9 Å². The zero-order valence-corrected chi connectivity index (χ0v) is 13.6. The van der Waals surface area contributed by atoms with Gasteiger partial charge in [-0.05, 0) is 47.6 Å². The van der Waals surface area contributed by atoms with Crippen molar-refractivity contribution in [2.45, 2.75) is 24.8 Å². The van der Waals surface area contributed by atoms with E-state index < -0.39 is 0 Å². The summed E-state index contributed by atoms with van der Waals surface area (Å²) < 4.78 is 5.53. The molecule has 1 fully saturated rings. The Morgan fingerprint density at radius 3 is 2.21 bits per heavy atom. The number of hydrogen-bond acceptors (Lipinski definition) is 3. The van der Waals surface area contributed by atoms with E-state index in [4.69, 9.17) is 10.5 Å². The van der Waals surface area contributed by atoms with Gasteiger partial charge in [0, 0.05) is 12.0 Å². The van der Waals surface area contributed by atoms with E-state index in [0.717, 1.165) is 12.8 Å². The summed E-state index contributed by atoms with van der Waals surface area (Å²) in [5, 5.41) is 2.94. The van der Waals surface area contributed by atoms with Gasteiger partial charge in [0.15, 0.2) is 0 Å². The molecule has 4 nitrogen and oxygen atoms in total. The zero-order chi connectivity index (χ0) is 16.5. The first kappa shape index (κ1) is 15.2. The molecule has 2 aromatic rings. The molecule has 0 aliphatic heterocycles. The topological polar surface area (TPSA) is 64.3 Å². The molecule has 3 N–H and O–H groups in total. The SMILES string of the molecule is NCC1CC(NC(=O)OCC2c3ccccc3-c3ccccc32)C1. The number of benzene rings is 2. The van der Waals surface area contributed by atoms with Crippen LogP contribution in [0.4, 0.5) is 4.79 Å². The largest absolute Gasteiger partial charge is 0.449 e. The smallest absolute Gasteiger partial charge is 0.407 e. The van der Waals surface area contributed by atoms with E-state index in [1.165, 1.54) is 22.3 Å². The summed E-state index contributed by atoms with van der Waals surface area (Å²) in [6, 6.07) is 16.9. The fourth-order valence-corrected chi connectivity index (χ4v) is 3.85. The standard InChI is InChI=1S/C20H22N2O2/c21-11-13-9-14(10-13)22-20(23)24-12-19-17-7-3-1-5-15(17)16-6-2-4-8-18(16)19/h1-8,13-14,19H,9-12,21H2,(H,22,23). The molecule has 4 rings (SSSR count).